The van der Waals surface area contributed by atoms with Gasteiger partial charge in [0.05, 0.1) is 22.1 Å². The van der Waals surface area contributed by atoms with E-state index in [4.69, 9.17) is 0 Å². The summed E-state index contributed by atoms with van der Waals surface area (Å²) in [4.78, 5) is 5.03. The van der Waals surface area contributed by atoms with Gasteiger partial charge >= 0.3 is 0 Å². The molecule has 4 heterocycles. The van der Waals surface area contributed by atoms with Gasteiger partial charge in [0, 0.05) is 67.0 Å². The maximum Gasteiger partial charge on any atom is 0.252 e. The largest absolute Gasteiger partial charge is 0.311 e. The number of nitrogens with zero attached hydrogens (tertiary/aromatic N) is 4. The molecule has 2 aromatic heterocycles. The van der Waals surface area contributed by atoms with Gasteiger partial charge in [0.15, 0.2) is 0 Å². The van der Waals surface area contributed by atoms with Crippen LogP contribution in [0, 0.1) is 13.8 Å². The normalized spacial score (nSPS) is 13.0. The van der Waals surface area contributed by atoms with Crippen molar-refractivity contribution < 1.29 is 0 Å². The van der Waals surface area contributed by atoms with Crippen LogP contribution in [0.1, 0.15) is 11.1 Å². The van der Waals surface area contributed by atoms with Crippen molar-refractivity contribution in [3.05, 3.63) is 211 Å². The van der Waals surface area contributed by atoms with Crippen LogP contribution >= 0.6 is 0 Å². The van der Waals surface area contributed by atoms with Crippen LogP contribution in [0.5, 0.6) is 0 Å². The van der Waals surface area contributed by atoms with Gasteiger partial charge in [-0.3, -0.25) is 0 Å². The van der Waals surface area contributed by atoms with E-state index >= 15 is 0 Å². The molecule has 4 nitrogen and oxygen atoms in total. The average molecular weight is 779 g/mol. The summed E-state index contributed by atoms with van der Waals surface area (Å²) < 4.78 is 4.91. The quantitative estimate of drug-likeness (QED) is 0.165. The van der Waals surface area contributed by atoms with Gasteiger partial charge in [-0.25, -0.2) is 0 Å². The molecule has 61 heavy (non-hydrogen) atoms. The van der Waals surface area contributed by atoms with Crippen molar-refractivity contribution in [3.8, 4) is 11.4 Å². The SMILES string of the molecule is Cc1cc(N2c3cc(-n4c5ccccc5c5ccccc54)cc(C)c3B3c4ccccc4N(c4ccccc4)c4cccc2c43)cc(-n2c3ccccc3c3ccccc32)c1. The summed E-state index contributed by atoms with van der Waals surface area (Å²) in [5, 5.41) is 5.04. The number of aryl methyl sites for hydroxylation is 2. The van der Waals surface area contributed by atoms with Gasteiger partial charge in [0.2, 0.25) is 0 Å². The highest BCUT2D eigenvalue weighted by molar-refractivity contribution is 7.00. The Kier molecular flexibility index (Phi) is 7.20. The number of hydrogen-bond acceptors (Lipinski definition) is 2. The van der Waals surface area contributed by atoms with E-state index in [0.717, 1.165) is 22.7 Å². The molecule has 0 bridgehead atoms. The third-order valence-corrected chi connectivity index (χ3v) is 13.2. The molecule has 0 radical (unpaired) electrons. The summed E-state index contributed by atoms with van der Waals surface area (Å²) in [6.07, 6.45) is 0. The van der Waals surface area contributed by atoms with Gasteiger partial charge in [-0.2, -0.15) is 0 Å². The van der Waals surface area contributed by atoms with Crippen LogP contribution in [-0.2, 0) is 0 Å². The van der Waals surface area contributed by atoms with Crippen molar-refractivity contribution in [2.45, 2.75) is 13.8 Å². The highest BCUT2D eigenvalue weighted by atomic mass is 15.2. The van der Waals surface area contributed by atoms with E-state index < -0.39 is 0 Å². The molecule has 2 aliphatic heterocycles. The van der Waals surface area contributed by atoms with Crippen LogP contribution in [0.2, 0.25) is 0 Å². The Morgan fingerprint density at radius 3 is 1.38 bits per heavy atom. The molecule has 9 aromatic carbocycles. The molecule has 0 atom stereocenters. The third kappa shape index (κ3) is 4.83. The number of anilines is 6. The number of hydrogen-bond donors (Lipinski definition) is 0. The Hall–Kier alpha value is -7.76. The van der Waals surface area contributed by atoms with E-state index in [-0.39, 0.29) is 6.71 Å². The molecular formula is C56H39BN4. The van der Waals surface area contributed by atoms with E-state index in [1.807, 2.05) is 0 Å². The molecule has 5 heteroatoms. The topological polar surface area (TPSA) is 16.3 Å². The van der Waals surface area contributed by atoms with Gasteiger partial charge in [-0.15, -0.1) is 0 Å². The fraction of sp³-hybridized carbons (Fsp3) is 0.0357. The lowest BCUT2D eigenvalue weighted by atomic mass is 9.33. The monoisotopic (exact) mass is 778 g/mol. The molecule has 0 unspecified atom stereocenters. The lowest BCUT2D eigenvalue weighted by Gasteiger charge is -2.44. The minimum Gasteiger partial charge on any atom is -0.311 e. The Labute approximate surface area is 354 Å². The highest BCUT2D eigenvalue weighted by Gasteiger charge is 2.44. The van der Waals surface area contributed by atoms with Crippen LogP contribution in [0.4, 0.5) is 34.1 Å². The van der Waals surface area contributed by atoms with Crippen molar-refractivity contribution in [1.82, 2.24) is 9.13 Å². The number of fused-ring (bicyclic) bond motifs is 10. The fourth-order valence-electron chi connectivity index (χ4n) is 10.9. The smallest absolute Gasteiger partial charge is 0.252 e. The Bertz CT molecular complexity index is 3490. The maximum absolute atomic E-state index is 2.57. The molecule has 0 aliphatic carbocycles. The van der Waals surface area contributed by atoms with E-state index in [1.165, 1.54) is 93.9 Å². The van der Waals surface area contributed by atoms with Gasteiger partial charge < -0.3 is 18.9 Å². The molecule has 0 N–H and O–H groups in total. The molecule has 0 saturated carbocycles. The molecule has 286 valence electrons. The van der Waals surface area contributed by atoms with Gasteiger partial charge in [-0.05, 0) is 121 Å². The van der Waals surface area contributed by atoms with E-state index in [9.17, 15) is 0 Å². The van der Waals surface area contributed by atoms with Crippen molar-refractivity contribution in [2.24, 2.45) is 0 Å². The molecule has 0 saturated heterocycles. The predicted octanol–water partition coefficient (Wildman–Crippen LogP) is 12.6. The first-order chi connectivity index (χ1) is 30.1. The standard InChI is InChI=1S/C56H39BN4/c1-36-31-39(59-47-24-11-6-19-42(47)43-20-7-12-25-48(43)59)34-40(32-36)61-53-30-16-29-52-56(53)57(46-23-10-15-28-51(46)58(52)38-17-4-3-5-18-38)55-37(2)33-41(35-54(55)61)60-49-26-13-8-21-44(49)45-22-9-14-27-50(45)60/h3-35H,1-2H3. The molecular weight excluding hydrogens is 739 g/mol. The van der Waals surface area contributed by atoms with Crippen molar-refractivity contribution in [3.63, 3.8) is 0 Å². The minimum absolute atomic E-state index is 0.0300. The third-order valence-electron chi connectivity index (χ3n) is 13.2. The zero-order valence-electron chi connectivity index (χ0n) is 33.9. The molecule has 13 rings (SSSR count). The maximum atomic E-state index is 2.57. The van der Waals surface area contributed by atoms with Crippen LogP contribution in [0.15, 0.2) is 200 Å². The van der Waals surface area contributed by atoms with Crippen LogP contribution in [-0.4, -0.2) is 15.8 Å². The van der Waals surface area contributed by atoms with Crippen molar-refractivity contribution >= 4 is 101 Å². The summed E-state index contributed by atoms with van der Waals surface area (Å²) in [6.45, 7) is 4.60. The fourth-order valence-corrected chi connectivity index (χ4v) is 10.9. The lowest BCUT2D eigenvalue weighted by Crippen LogP contribution is -2.62. The first-order valence-electron chi connectivity index (χ1n) is 21.2. The first-order valence-corrected chi connectivity index (χ1v) is 21.2. The summed E-state index contributed by atoms with van der Waals surface area (Å²) in [7, 11) is 0. The summed E-state index contributed by atoms with van der Waals surface area (Å²) in [6, 6.07) is 74.1. The number of para-hydroxylation sites is 6. The predicted molar refractivity (Wildman–Crippen MR) is 259 cm³/mol. The zero-order valence-corrected chi connectivity index (χ0v) is 33.9. The second-order valence-corrected chi connectivity index (χ2v) is 16.7. The highest BCUT2D eigenvalue weighted by Crippen LogP contribution is 2.46. The van der Waals surface area contributed by atoms with Gasteiger partial charge in [-0.1, -0.05) is 121 Å². The molecule has 11 aromatic rings. The summed E-state index contributed by atoms with van der Waals surface area (Å²) in [5.74, 6) is 0. The minimum atomic E-state index is 0.0300. The van der Waals surface area contributed by atoms with E-state index in [0.29, 0.717) is 0 Å². The van der Waals surface area contributed by atoms with Gasteiger partial charge in [0.1, 0.15) is 0 Å². The Morgan fingerprint density at radius 2 is 0.787 bits per heavy atom. The van der Waals surface area contributed by atoms with Crippen LogP contribution in [0.3, 0.4) is 0 Å². The summed E-state index contributed by atoms with van der Waals surface area (Å²) >= 11 is 0. The van der Waals surface area contributed by atoms with Crippen molar-refractivity contribution in [2.75, 3.05) is 9.80 Å². The number of benzene rings is 9. The second-order valence-electron chi connectivity index (χ2n) is 16.7. The van der Waals surface area contributed by atoms with E-state index in [1.54, 1.807) is 0 Å². The van der Waals surface area contributed by atoms with Crippen molar-refractivity contribution in [1.29, 1.82) is 0 Å². The molecule has 0 fully saturated rings. The van der Waals surface area contributed by atoms with E-state index in [2.05, 4.69) is 233 Å². The summed E-state index contributed by atoms with van der Waals surface area (Å²) in [5.41, 5.74) is 20.7. The number of rotatable bonds is 4. The lowest BCUT2D eigenvalue weighted by molar-refractivity contribution is 1.15. The first kappa shape index (κ1) is 34.1. The second kappa shape index (κ2) is 12.9. The van der Waals surface area contributed by atoms with Crippen LogP contribution < -0.4 is 26.2 Å². The zero-order chi connectivity index (χ0) is 40.3. The van der Waals surface area contributed by atoms with Gasteiger partial charge in [0.25, 0.3) is 6.71 Å². The molecule has 0 amide bonds. The molecule has 0 spiro atoms. The average Bonchev–Trinajstić information content (AvgIpc) is 3.82. The Balaban J connectivity index is 1.13. The molecule has 2 aliphatic rings. The number of aromatic nitrogens is 2. The Morgan fingerprint density at radius 1 is 0.328 bits per heavy atom. The van der Waals surface area contributed by atoms with Crippen LogP contribution in [0.25, 0.3) is 55.0 Å².